The van der Waals surface area contributed by atoms with E-state index in [-0.39, 0.29) is 0 Å². The second kappa shape index (κ2) is 5.19. The van der Waals surface area contributed by atoms with Crippen molar-refractivity contribution in [2.45, 2.75) is 6.92 Å². The predicted molar refractivity (Wildman–Crippen MR) is 95.8 cm³/mol. The summed E-state index contributed by atoms with van der Waals surface area (Å²) in [5.74, 6) is 0. The highest BCUT2D eigenvalue weighted by molar-refractivity contribution is 6.12. The van der Waals surface area contributed by atoms with Crippen molar-refractivity contribution in [2.75, 3.05) is 0 Å². The molecule has 1 heterocycles. The number of hydrogen-bond donors (Lipinski definition) is 1. The molecule has 0 bridgehead atoms. The first-order valence-corrected chi connectivity index (χ1v) is 7.56. The first-order valence-electron chi connectivity index (χ1n) is 7.56. The molecule has 4 aromatic rings. The van der Waals surface area contributed by atoms with Crippen LogP contribution in [-0.2, 0) is 0 Å². The summed E-state index contributed by atoms with van der Waals surface area (Å²) in [5, 5.41) is 2.59. The maximum atomic E-state index is 3.51. The molecule has 0 aliphatic rings. The van der Waals surface area contributed by atoms with Crippen LogP contribution in [0.4, 0.5) is 0 Å². The van der Waals surface area contributed by atoms with Crippen LogP contribution >= 0.6 is 0 Å². The van der Waals surface area contributed by atoms with Crippen LogP contribution in [0.25, 0.3) is 33.5 Å². The van der Waals surface area contributed by atoms with Gasteiger partial charge in [0.2, 0.25) is 0 Å². The van der Waals surface area contributed by atoms with E-state index in [9.17, 15) is 0 Å². The number of allylic oxidation sites excluding steroid dienone is 1. The zero-order valence-corrected chi connectivity index (χ0v) is 12.5. The van der Waals surface area contributed by atoms with Crippen molar-refractivity contribution >= 4 is 33.5 Å². The summed E-state index contributed by atoms with van der Waals surface area (Å²) < 4.78 is 0. The molecule has 3 aromatic carbocycles. The standard InChI is InChI=1S/C21H17N/c1-15(14-16-8-3-2-4-9-16)17-11-7-13-20-21(17)18-10-5-6-12-19(18)22-20/h2-14,22H,1H3/b15-14+. The van der Waals surface area contributed by atoms with Gasteiger partial charge in [0.15, 0.2) is 0 Å². The highest BCUT2D eigenvalue weighted by atomic mass is 14.7. The van der Waals surface area contributed by atoms with E-state index in [0.717, 1.165) is 0 Å². The van der Waals surface area contributed by atoms with Gasteiger partial charge >= 0.3 is 0 Å². The number of fused-ring (bicyclic) bond motifs is 3. The molecular formula is C21H17N. The first kappa shape index (κ1) is 12.9. The number of aromatic amines is 1. The summed E-state index contributed by atoms with van der Waals surface area (Å²) in [6, 6.07) is 25.4. The Hall–Kier alpha value is -2.80. The van der Waals surface area contributed by atoms with Crippen molar-refractivity contribution in [1.29, 1.82) is 0 Å². The van der Waals surface area contributed by atoms with Gasteiger partial charge in [-0.1, -0.05) is 66.7 Å². The number of H-pyrrole nitrogens is 1. The van der Waals surface area contributed by atoms with Gasteiger partial charge < -0.3 is 4.98 Å². The highest BCUT2D eigenvalue weighted by Gasteiger charge is 2.09. The van der Waals surface area contributed by atoms with Crippen LogP contribution in [0.1, 0.15) is 18.1 Å². The molecule has 0 radical (unpaired) electrons. The molecule has 0 fully saturated rings. The Balaban J connectivity index is 1.97. The van der Waals surface area contributed by atoms with Crippen LogP contribution in [0.15, 0.2) is 72.8 Å². The zero-order chi connectivity index (χ0) is 14.9. The summed E-state index contributed by atoms with van der Waals surface area (Å²) in [7, 11) is 0. The fraction of sp³-hybridized carbons (Fsp3) is 0.0476. The van der Waals surface area contributed by atoms with Crippen molar-refractivity contribution in [3.05, 3.63) is 83.9 Å². The number of nitrogens with one attached hydrogen (secondary N) is 1. The Labute approximate surface area is 129 Å². The maximum Gasteiger partial charge on any atom is 0.0471 e. The number of benzene rings is 3. The second-order valence-electron chi connectivity index (χ2n) is 5.64. The highest BCUT2D eigenvalue weighted by Crippen LogP contribution is 2.32. The van der Waals surface area contributed by atoms with Crippen LogP contribution in [0.2, 0.25) is 0 Å². The van der Waals surface area contributed by atoms with Gasteiger partial charge in [-0.25, -0.2) is 0 Å². The molecule has 4 rings (SSSR count). The van der Waals surface area contributed by atoms with E-state index < -0.39 is 0 Å². The summed E-state index contributed by atoms with van der Waals surface area (Å²) in [6.45, 7) is 2.18. The molecule has 1 heteroatoms. The van der Waals surface area contributed by atoms with Crippen LogP contribution < -0.4 is 0 Å². The van der Waals surface area contributed by atoms with Gasteiger partial charge in [0.05, 0.1) is 0 Å². The van der Waals surface area contributed by atoms with Crippen molar-refractivity contribution in [2.24, 2.45) is 0 Å². The average molecular weight is 283 g/mol. The fourth-order valence-corrected chi connectivity index (χ4v) is 3.11. The number of rotatable bonds is 2. The molecule has 0 saturated heterocycles. The van der Waals surface area contributed by atoms with Crippen molar-refractivity contribution < 1.29 is 0 Å². The van der Waals surface area contributed by atoms with E-state index in [0.29, 0.717) is 0 Å². The van der Waals surface area contributed by atoms with Gasteiger partial charge in [0, 0.05) is 21.8 Å². The monoisotopic (exact) mass is 283 g/mol. The molecule has 0 atom stereocenters. The predicted octanol–water partition coefficient (Wildman–Crippen LogP) is 5.88. The Bertz CT molecular complexity index is 975. The van der Waals surface area contributed by atoms with Gasteiger partial charge in [-0.2, -0.15) is 0 Å². The molecular weight excluding hydrogens is 266 g/mol. The third-order valence-electron chi connectivity index (χ3n) is 4.14. The number of hydrogen-bond acceptors (Lipinski definition) is 0. The van der Waals surface area contributed by atoms with Gasteiger partial charge in [-0.05, 0) is 35.8 Å². The van der Waals surface area contributed by atoms with E-state index in [1.165, 1.54) is 38.5 Å². The Morgan fingerprint density at radius 1 is 0.773 bits per heavy atom. The van der Waals surface area contributed by atoms with E-state index in [1.807, 2.05) is 6.07 Å². The van der Waals surface area contributed by atoms with Gasteiger partial charge in [-0.3, -0.25) is 0 Å². The van der Waals surface area contributed by atoms with Gasteiger partial charge in [0.1, 0.15) is 0 Å². The van der Waals surface area contributed by atoms with Crippen LogP contribution in [0, 0.1) is 0 Å². The zero-order valence-electron chi connectivity index (χ0n) is 12.5. The molecule has 0 spiro atoms. The van der Waals surface area contributed by atoms with E-state index in [4.69, 9.17) is 0 Å². The molecule has 0 aliphatic carbocycles. The minimum atomic E-state index is 1.19. The molecule has 0 unspecified atom stereocenters. The molecule has 22 heavy (non-hydrogen) atoms. The third kappa shape index (κ3) is 2.11. The lowest BCUT2D eigenvalue weighted by Crippen LogP contribution is -1.82. The molecule has 1 N–H and O–H groups in total. The SMILES string of the molecule is C/C(=C\c1ccccc1)c1cccc2[nH]c3ccccc3c12. The van der Waals surface area contributed by atoms with E-state index in [1.54, 1.807) is 0 Å². The molecule has 0 amide bonds. The Kier molecular flexibility index (Phi) is 3.05. The average Bonchev–Trinajstić information content (AvgIpc) is 2.94. The topological polar surface area (TPSA) is 15.8 Å². The van der Waals surface area contributed by atoms with E-state index in [2.05, 4.69) is 84.7 Å². The summed E-state index contributed by atoms with van der Waals surface area (Å²) in [6.07, 6.45) is 2.25. The lowest BCUT2D eigenvalue weighted by atomic mass is 9.99. The lowest BCUT2D eigenvalue weighted by Gasteiger charge is -2.05. The maximum absolute atomic E-state index is 3.51. The quantitative estimate of drug-likeness (QED) is 0.442. The Morgan fingerprint density at radius 3 is 2.36 bits per heavy atom. The smallest absolute Gasteiger partial charge is 0.0471 e. The van der Waals surface area contributed by atoms with Crippen molar-refractivity contribution in [3.63, 3.8) is 0 Å². The van der Waals surface area contributed by atoms with Crippen LogP contribution in [0.3, 0.4) is 0 Å². The first-order chi connectivity index (χ1) is 10.8. The largest absolute Gasteiger partial charge is 0.354 e. The minimum absolute atomic E-state index is 1.19. The lowest BCUT2D eigenvalue weighted by molar-refractivity contribution is 1.54. The molecule has 1 aromatic heterocycles. The second-order valence-corrected chi connectivity index (χ2v) is 5.64. The Morgan fingerprint density at radius 2 is 1.50 bits per heavy atom. The molecule has 106 valence electrons. The molecule has 1 nitrogen and oxygen atoms in total. The molecule has 0 saturated carbocycles. The summed E-state index contributed by atoms with van der Waals surface area (Å²) >= 11 is 0. The number of para-hydroxylation sites is 1. The van der Waals surface area contributed by atoms with Crippen molar-refractivity contribution in [3.8, 4) is 0 Å². The fourth-order valence-electron chi connectivity index (χ4n) is 3.11. The molecule has 0 aliphatic heterocycles. The van der Waals surface area contributed by atoms with Crippen molar-refractivity contribution in [1.82, 2.24) is 4.98 Å². The van der Waals surface area contributed by atoms with E-state index >= 15 is 0 Å². The van der Waals surface area contributed by atoms with Crippen LogP contribution in [0.5, 0.6) is 0 Å². The van der Waals surface area contributed by atoms with Gasteiger partial charge in [0.25, 0.3) is 0 Å². The summed E-state index contributed by atoms with van der Waals surface area (Å²) in [5.41, 5.74) is 6.19. The normalized spacial score (nSPS) is 12.1. The van der Waals surface area contributed by atoms with Gasteiger partial charge in [-0.15, -0.1) is 0 Å². The minimum Gasteiger partial charge on any atom is -0.354 e. The summed E-state index contributed by atoms with van der Waals surface area (Å²) in [4.78, 5) is 3.51. The van der Waals surface area contributed by atoms with Crippen LogP contribution in [-0.4, -0.2) is 4.98 Å². The third-order valence-corrected chi connectivity index (χ3v) is 4.14. The number of aromatic nitrogens is 1.